The molecule has 0 spiro atoms. The van der Waals surface area contributed by atoms with Crippen LogP contribution in [0.2, 0.25) is 0 Å². The summed E-state index contributed by atoms with van der Waals surface area (Å²) in [6.07, 6.45) is 5.50. The summed E-state index contributed by atoms with van der Waals surface area (Å²) in [7, 11) is 0. The van der Waals surface area contributed by atoms with Crippen molar-refractivity contribution in [2.24, 2.45) is 0 Å². The molecule has 0 unspecified atom stereocenters. The fraction of sp³-hybridized carbons (Fsp3) is 0.500. The molecule has 1 saturated carbocycles. The minimum atomic E-state index is -0.318. The summed E-state index contributed by atoms with van der Waals surface area (Å²) in [5.74, 6) is 1.36. The molecule has 28 heavy (non-hydrogen) atoms. The maximum atomic E-state index is 12.9. The number of nitrogens with zero attached hydrogens (tertiary/aromatic N) is 2. The predicted octanol–water partition coefficient (Wildman–Crippen LogP) is 3.49. The highest BCUT2D eigenvalue weighted by Crippen LogP contribution is 2.37. The van der Waals surface area contributed by atoms with E-state index in [9.17, 15) is 9.59 Å². The van der Waals surface area contributed by atoms with Crippen molar-refractivity contribution in [3.8, 4) is 0 Å². The lowest BCUT2D eigenvalue weighted by Crippen LogP contribution is -2.46. The number of carbonyl (C=O) groups excluding carboxylic acids is 1. The number of aromatic nitrogens is 2. The van der Waals surface area contributed by atoms with E-state index >= 15 is 0 Å². The van der Waals surface area contributed by atoms with Gasteiger partial charge in [-0.3, -0.25) is 9.59 Å². The number of piperidine rings is 1. The maximum absolute atomic E-state index is 12.9. The third-order valence-corrected chi connectivity index (χ3v) is 5.67. The first-order valence-corrected chi connectivity index (χ1v) is 10.3. The van der Waals surface area contributed by atoms with Gasteiger partial charge in [-0.25, -0.2) is 4.98 Å². The zero-order chi connectivity index (χ0) is 19.7. The van der Waals surface area contributed by atoms with Crippen molar-refractivity contribution >= 4 is 11.6 Å². The molecule has 1 aliphatic heterocycles. The third kappa shape index (κ3) is 4.11. The van der Waals surface area contributed by atoms with E-state index < -0.39 is 0 Å². The normalized spacial score (nSPS) is 19.7. The van der Waals surface area contributed by atoms with E-state index in [1.807, 2.05) is 0 Å². The molecular formula is C22H28N4O2. The van der Waals surface area contributed by atoms with Crippen LogP contribution in [0.1, 0.15) is 73.1 Å². The number of aromatic amines is 1. The molecule has 1 atom stereocenters. The van der Waals surface area contributed by atoms with E-state index in [-0.39, 0.29) is 23.1 Å². The Morgan fingerprint density at radius 3 is 2.61 bits per heavy atom. The second kappa shape index (κ2) is 7.78. The summed E-state index contributed by atoms with van der Waals surface area (Å²) in [4.78, 5) is 34.1. The van der Waals surface area contributed by atoms with Crippen LogP contribution in [0.3, 0.4) is 0 Å². The minimum Gasteiger partial charge on any atom is -0.381 e. The SMILES string of the molecule is CC(C)c1ccc(N[C@@H]2CCCN(C(=O)c3cnc(C4CC4)[nH]c3=O)C2)cc1. The molecule has 6 nitrogen and oxygen atoms in total. The molecule has 6 heteroatoms. The number of anilines is 1. The number of likely N-dealkylation sites (tertiary alicyclic amines) is 1. The number of hydrogen-bond acceptors (Lipinski definition) is 4. The lowest BCUT2D eigenvalue weighted by atomic mass is 10.0. The second-order valence-electron chi connectivity index (χ2n) is 8.30. The molecule has 1 amide bonds. The second-order valence-corrected chi connectivity index (χ2v) is 8.30. The van der Waals surface area contributed by atoms with Crippen LogP contribution in [0, 0.1) is 0 Å². The van der Waals surface area contributed by atoms with E-state index in [1.54, 1.807) is 4.90 Å². The van der Waals surface area contributed by atoms with Gasteiger partial charge in [-0.1, -0.05) is 26.0 Å². The Bertz CT molecular complexity index is 899. The average molecular weight is 380 g/mol. The lowest BCUT2D eigenvalue weighted by Gasteiger charge is -2.33. The standard InChI is InChI=1S/C22H28N4O2/c1-14(2)15-7-9-17(10-8-15)24-18-4-3-11-26(13-18)22(28)19-12-23-20(16-5-6-16)25-21(19)27/h7-10,12,14,16,18,24H,3-6,11,13H2,1-2H3,(H,23,25,27)/t18-/m1/s1. The van der Waals surface area contributed by atoms with Crippen molar-refractivity contribution < 1.29 is 4.79 Å². The highest BCUT2D eigenvalue weighted by Gasteiger charge is 2.29. The van der Waals surface area contributed by atoms with E-state index in [0.717, 1.165) is 31.4 Å². The highest BCUT2D eigenvalue weighted by molar-refractivity contribution is 5.93. The smallest absolute Gasteiger partial charge is 0.263 e. The number of carbonyl (C=O) groups is 1. The van der Waals surface area contributed by atoms with Crippen molar-refractivity contribution in [3.63, 3.8) is 0 Å². The first-order chi connectivity index (χ1) is 13.5. The Balaban J connectivity index is 1.41. The van der Waals surface area contributed by atoms with Crippen LogP contribution >= 0.6 is 0 Å². The van der Waals surface area contributed by atoms with Gasteiger partial charge >= 0.3 is 0 Å². The maximum Gasteiger partial charge on any atom is 0.263 e. The first kappa shape index (κ1) is 18.7. The van der Waals surface area contributed by atoms with Crippen LogP contribution in [0.25, 0.3) is 0 Å². The highest BCUT2D eigenvalue weighted by atomic mass is 16.2. The number of H-pyrrole nitrogens is 1. The van der Waals surface area contributed by atoms with Gasteiger partial charge < -0.3 is 15.2 Å². The summed E-state index contributed by atoms with van der Waals surface area (Å²) in [6, 6.07) is 8.67. The topological polar surface area (TPSA) is 78.1 Å². The summed E-state index contributed by atoms with van der Waals surface area (Å²) in [5, 5.41) is 3.53. The summed E-state index contributed by atoms with van der Waals surface area (Å²) >= 11 is 0. The largest absolute Gasteiger partial charge is 0.381 e. The number of rotatable bonds is 5. The van der Waals surface area contributed by atoms with Crippen molar-refractivity contribution in [1.29, 1.82) is 0 Å². The molecule has 2 fully saturated rings. The van der Waals surface area contributed by atoms with Crippen molar-refractivity contribution in [1.82, 2.24) is 14.9 Å². The Morgan fingerprint density at radius 2 is 1.96 bits per heavy atom. The fourth-order valence-corrected chi connectivity index (χ4v) is 3.77. The molecule has 0 radical (unpaired) electrons. The molecule has 4 rings (SSSR count). The molecule has 2 N–H and O–H groups in total. The van der Waals surface area contributed by atoms with E-state index in [2.05, 4.69) is 53.4 Å². The Kier molecular flexibility index (Phi) is 5.20. The predicted molar refractivity (Wildman–Crippen MR) is 110 cm³/mol. The van der Waals surface area contributed by atoms with Crippen LogP contribution in [0.15, 0.2) is 35.3 Å². The van der Waals surface area contributed by atoms with Gasteiger partial charge in [-0.15, -0.1) is 0 Å². The number of hydrogen-bond donors (Lipinski definition) is 2. The van der Waals surface area contributed by atoms with Gasteiger partial charge in [0.25, 0.3) is 11.5 Å². The van der Waals surface area contributed by atoms with Gasteiger partial charge in [-0.2, -0.15) is 0 Å². The number of nitrogens with one attached hydrogen (secondary N) is 2. The van der Waals surface area contributed by atoms with Crippen LogP contribution in [0.5, 0.6) is 0 Å². The Morgan fingerprint density at radius 1 is 1.21 bits per heavy atom. The van der Waals surface area contributed by atoms with Gasteiger partial charge in [-0.05, 0) is 49.3 Å². The van der Waals surface area contributed by atoms with Crippen molar-refractivity contribution in [2.45, 2.75) is 57.4 Å². The van der Waals surface area contributed by atoms with Crippen LogP contribution in [-0.4, -0.2) is 39.9 Å². The Hall–Kier alpha value is -2.63. The summed E-state index contributed by atoms with van der Waals surface area (Å²) < 4.78 is 0. The minimum absolute atomic E-state index is 0.145. The van der Waals surface area contributed by atoms with Gasteiger partial charge in [0, 0.05) is 36.9 Å². The summed E-state index contributed by atoms with van der Waals surface area (Å²) in [6.45, 7) is 5.63. The zero-order valence-electron chi connectivity index (χ0n) is 16.6. The van der Waals surface area contributed by atoms with Crippen LogP contribution < -0.4 is 10.9 Å². The van der Waals surface area contributed by atoms with Crippen LogP contribution in [0.4, 0.5) is 5.69 Å². The van der Waals surface area contributed by atoms with E-state index in [0.29, 0.717) is 30.7 Å². The molecule has 1 aromatic carbocycles. The molecule has 1 aromatic heterocycles. The Labute approximate surface area is 165 Å². The van der Waals surface area contributed by atoms with E-state index in [1.165, 1.54) is 11.8 Å². The number of benzene rings is 1. The van der Waals surface area contributed by atoms with Gasteiger partial charge in [0.15, 0.2) is 0 Å². The fourth-order valence-electron chi connectivity index (χ4n) is 3.77. The molecule has 2 aliphatic rings. The van der Waals surface area contributed by atoms with Crippen molar-refractivity contribution in [2.75, 3.05) is 18.4 Å². The average Bonchev–Trinajstić information content (AvgIpc) is 3.53. The van der Waals surface area contributed by atoms with Crippen LogP contribution in [-0.2, 0) is 0 Å². The molecule has 0 bridgehead atoms. The zero-order valence-corrected chi connectivity index (χ0v) is 16.6. The summed E-state index contributed by atoms with van der Waals surface area (Å²) in [5.41, 5.74) is 2.21. The molecular weight excluding hydrogens is 352 g/mol. The molecule has 148 valence electrons. The molecule has 1 saturated heterocycles. The monoisotopic (exact) mass is 380 g/mol. The van der Waals surface area contributed by atoms with E-state index in [4.69, 9.17) is 0 Å². The number of amides is 1. The first-order valence-electron chi connectivity index (χ1n) is 10.3. The van der Waals surface area contributed by atoms with Crippen molar-refractivity contribution in [3.05, 3.63) is 57.8 Å². The third-order valence-electron chi connectivity index (χ3n) is 5.67. The molecule has 2 heterocycles. The molecule has 2 aromatic rings. The van der Waals surface area contributed by atoms with Gasteiger partial charge in [0.1, 0.15) is 11.4 Å². The lowest BCUT2D eigenvalue weighted by molar-refractivity contribution is 0.0712. The van der Waals surface area contributed by atoms with Gasteiger partial charge in [0.05, 0.1) is 0 Å². The van der Waals surface area contributed by atoms with Gasteiger partial charge in [0.2, 0.25) is 0 Å². The quantitative estimate of drug-likeness (QED) is 0.832. The molecule has 1 aliphatic carbocycles.